The number of benzene rings is 2. The number of hydrogen-bond donors (Lipinski definition) is 1. The van der Waals surface area contributed by atoms with Gasteiger partial charge in [-0.05, 0) is 17.2 Å². The van der Waals surface area contributed by atoms with E-state index in [1.165, 1.54) is 0 Å². The van der Waals surface area contributed by atoms with Gasteiger partial charge in [0.2, 0.25) is 11.8 Å². The molecule has 23 heavy (non-hydrogen) atoms. The Labute approximate surface area is 135 Å². The van der Waals surface area contributed by atoms with Crippen molar-refractivity contribution in [3.05, 3.63) is 83.9 Å². The van der Waals surface area contributed by atoms with Gasteiger partial charge in [0.1, 0.15) is 13.2 Å². The summed E-state index contributed by atoms with van der Waals surface area (Å²) in [4.78, 5) is 4.33. The molecular weight excluding hydrogens is 288 g/mol. The summed E-state index contributed by atoms with van der Waals surface area (Å²) in [5.41, 5.74) is 8.55. The molecule has 0 spiro atoms. The number of rotatable bonds is 6. The first-order chi connectivity index (χ1) is 11.3. The minimum absolute atomic E-state index is 0.388. The Morgan fingerprint density at radius 2 is 1.26 bits per heavy atom. The van der Waals surface area contributed by atoms with Gasteiger partial charge in [-0.1, -0.05) is 60.7 Å². The third-order valence-corrected chi connectivity index (χ3v) is 3.31. The maximum Gasteiger partial charge on any atom is 0.240 e. The number of nitrogen functional groups attached to an aromatic ring is 1. The fourth-order valence-electron chi connectivity index (χ4n) is 2.09. The first-order valence-electron chi connectivity index (χ1n) is 7.41. The molecule has 0 amide bonds. The molecule has 0 aliphatic heterocycles. The number of nitrogens with zero attached hydrogens (tertiary/aromatic N) is 1. The Morgan fingerprint density at radius 3 is 1.87 bits per heavy atom. The lowest BCUT2D eigenvalue weighted by Gasteiger charge is -2.10. The highest BCUT2D eigenvalue weighted by molar-refractivity contribution is 5.49. The van der Waals surface area contributed by atoms with Gasteiger partial charge in [-0.3, -0.25) is 0 Å². The van der Waals surface area contributed by atoms with Gasteiger partial charge in [-0.15, -0.1) is 0 Å². The highest BCUT2D eigenvalue weighted by Crippen LogP contribution is 2.23. The highest BCUT2D eigenvalue weighted by atomic mass is 16.5. The molecule has 1 heterocycles. The summed E-state index contributed by atoms with van der Waals surface area (Å²) in [6, 6.07) is 23.3. The fraction of sp³-hybridized carbons (Fsp3) is 0.105. The van der Waals surface area contributed by atoms with Gasteiger partial charge in [0.05, 0.1) is 5.69 Å². The summed E-state index contributed by atoms with van der Waals surface area (Å²) in [5, 5.41) is 0. The molecule has 116 valence electrons. The summed E-state index contributed by atoms with van der Waals surface area (Å²) in [6.07, 6.45) is 0. The lowest BCUT2D eigenvalue weighted by molar-refractivity contribution is 0.269. The summed E-state index contributed by atoms with van der Waals surface area (Å²) in [5.74, 6) is 0.880. The molecule has 0 saturated carbocycles. The molecule has 0 fully saturated rings. The zero-order valence-electron chi connectivity index (χ0n) is 12.7. The van der Waals surface area contributed by atoms with Crippen LogP contribution in [0.5, 0.6) is 11.8 Å². The van der Waals surface area contributed by atoms with Crippen LogP contribution in [0, 0.1) is 0 Å². The van der Waals surface area contributed by atoms with Crippen molar-refractivity contribution in [2.45, 2.75) is 13.2 Å². The normalized spacial score (nSPS) is 10.3. The van der Waals surface area contributed by atoms with E-state index < -0.39 is 0 Å². The van der Waals surface area contributed by atoms with Crippen molar-refractivity contribution < 1.29 is 9.47 Å². The number of anilines is 1. The van der Waals surface area contributed by atoms with E-state index in [1.807, 2.05) is 60.7 Å². The first kappa shape index (κ1) is 14.9. The molecule has 0 bridgehead atoms. The van der Waals surface area contributed by atoms with Crippen LogP contribution in [0.2, 0.25) is 0 Å². The third-order valence-electron chi connectivity index (χ3n) is 3.31. The van der Waals surface area contributed by atoms with Crippen molar-refractivity contribution in [2.75, 3.05) is 5.73 Å². The van der Waals surface area contributed by atoms with E-state index in [1.54, 1.807) is 12.1 Å². The van der Waals surface area contributed by atoms with Crippen molar-refractivity contribution in [3.8, 4) is 11.8 Å². The Kier molecular flexibility index (Phi) is 4.74. The topological polar surface area (TPSA) is 57.4 Å². The van der Waals surface area contributed by atoms with E-state index in [2.05, 4.69) is 4.98 Å². The summed E-state index contributed by atoms with van der Waals surface area (Å²) in [7, 11) is 0. The molecule has 2 N–H and O–H groups in total. The van der Waals surface area contributed by atoms with Gasteiger partial charge >= 0.3 is 0 Å². The maximum absolute atomic E-state index is 5.92. The van der Waals surface area contributed by atoms with Crippen LogP contribution in [0.15, 0.2) is 72.8 Å². The summed E-state index contributed by atoms with van der Waals surface area (Å²) >= 11 is 0. The molecule has 0 unspecified atom stereocenters. The number of hydrogen-bond acceptors (Lipinski definition) is 4. The molecule has 0 radical (unpaired) electrons. The first-order valence-corrected chi connectivity index (χ1v) is 7.41. The van der Waals surface area contributed by atoms with Crippen LogP contribution in [0.1, 0.15) is 11.1 Å². The van der Waals surface area contributed by atoms with E-state index in [4.69, 9.17) is 15.2 Å². The van der Waals surface area contributed by atoms with Crippen molar-refractivity contribution in [1.82, 2.24) is 4.98 Å². The highest BCUT2D eigenvalue weighted by Gasteiger charge is 2.06. The quantitative estimate of drug-likeness (QED) is 0.752. The van der Waals surface area contributed by atoms with Crippen molar-refractivity contribution >= 4 is 5.69 Å². The van der Waals surface area contributed by atoms with Gasteiger partial charge in [0.15, 0.2) is 0 Å². The minimum atomic E-state index is 0.388. The van der Waals surface area contributed by atoms with Crippen LogP contribution in [0.4, 0.5) is 5.69 Å². The minimum Gasteiger partial charge on any atom is -0.473 e. The molecule has 0 aliphatic carbocycles. The van der Waals surface area contributed by atoms with E-state index in [9.17, 15) is 0 Å². The van der Waals surface area contributed by atoms with Crippen LogP contribution in [-0.2, 0) is 13.2 Å². The average molecular weight is 306 g/mol. The van der Waals surface area contributed by atoms with Crippen molar-refractivity contribution in [1.29, 1.82) is 0 Å². The standard InChI is InChI=1S/C19H18N2O2/c20-17-11-12-18(22-13-15-7-3-1-4-8-15)21-19(17)23-14-16-9-5-2-6-10-16/h1-12H,13-14,20H2. The molecule has 0 saturated heterocycles. The van der Waals surface area contributed by atoms with E-state index >= 15 is 0 Å². The van der Waals surface area contributed by atoms with Crippen LogP contribution in [0.25, 0.3) is 0 Å². The van der Waals surface area contributed by atoms with Gasteiger partial charge in [-0.25, -0.2) is 0 Å². The number of nitrogens with two attached hydrogens (primary N) is 1. The second kappa shape index (κ2) is 7.31. The Balaban J connectivity index is 1.64. The molecule has 0 aliphatic rings. The van der Waals surface area contributed by atoms with E-state index in [-0.39, 0.29) is 0 Å². The Bertz CT molecular complexity index is 746. The fourth-order valence-corrected chi connectivity index (χ4v) is 2.09. The smallest absolute Gasteiger partial charge is 0.240 e. The average Bonchev–Trinajstić information content (AvgIpc) is 2.62. The molecule has 4 heteroatoms. The largest absolute Gasteiger partial charge is 0.473 e. The SMILES string of the molecule is Nc1ccc(OCc2ccccc2)nc1OCc1ccccc1. The predicted octanol–water partition coefficient (Wildman–Crippen LogP) is 3.82. The Hall–Kier alpha value is -3.01. The van der Waals surface area contributed by atoms with Crippen molar-refractivity contribution in [3.63, 3.8) is 0 Å². The van der Waals surface area contributed by atoms with E-state index in [0.29, 0.717) is 30.7 Å². The molecule has 0 atom stereocenters. The monoisotopic (exact) mass is 306 g/mol. The second-order valence-electron chi connectivity index (χ2n) is 5.09. The predicted molar refractivity (Wildman–Crippen MR) is 90.2 cm³/mol. The molecule has 3 rings (SSSR count). The molecular formula is C19H18N2O2. The van der Waals surface area contributed by atoms with Gasteiger partial charge in [-0.2, -0.15) is 4.98 Å². The number of ether oxygens (including phenoxy) is 2. The zero-order valence-corrected chi connectivity index (χ0v) is 12.7. The Morgan fingerprint density at radius 1 is 0.696 bits per heavy atom. The van der Waals surface area contributed by atoms with Gasteiger partial charge in [0.25, 0.3) is 0 Å². The lowest BCUT2D eigenvalue weighted by Crippen LogP contribution is -2.03. The van der Waals surface area contributed by atoms with Crippen LogP contribution in [0.3, 0.4) is 0 Å². The van der Waals surface area contributed by atoms with Crippen molar-refractivity contribution in [2.24, 2.45) is 0 Å². The van der Waals surface area contributed by atoms with Gasteiger partial charge in [0, 0.05) is 6.07 Å². The second-order valence-corrected chi connectivity index (χ2v) is 5.09. The van der Waals surface area contributed by atoms with Crippen LogP contribution >= 0.6 is 0 Å². The molecule has 1 aromatic heterocycles. The number of aromatic nitrogens is 1. The van der Waals surface area contributed by atoms with Crippen LogP contribution in [-0.4, -0.2) is 4.98 Å². The maximum atomic E-state index is 5.92. The molecule has 2 aromatic carbocycles. The lowest BCUT2D eigenvalue weighted by atomic mass is 10.2. The third kappa shape index (κ3) is 4.23. The molecule has 4 nitrogen and oxygen atoms in total. The van der Waals surface area contributed by atoms with Crippen LogP contribution < -0.4 is 15.2 Å². The van der Waals surface area contributed by atoms with Gasteiger partial charge < -0.3 is 15.2 Å². The summed E-state index contributed by atoms with van der Waals surface area (Å²) in [6.45, 7) is 0.871. The molecule has 3 aromatic rings. The summed E-state index contributed by atoms with van der Waals surface area (Å²) < 4.78 is 11.4. The zero-order chi connectivity index (χ0) is 15.9. The number of pyridine rings is 1. The van der Waals surface area contributed by atoms with E-state index in [0.717, 1.165) is 11.1 Å².